The number of aromatic carboxylic acids is 1. The minimum Gasteiger partial charge on any atom is -0.478 e. The molecule has 0 bridgehead atoms. The molecule has 1 aromatic heterocycles. The number of aryl methyl sites for hydroxylation is 2. The number of halogens is 1. The second-order valence-electron chi connectivity index (χ2n) is 6.63. The van der Waals surface area contributed by atoms with E-state index < -0.39 is 5.97 Å². The normalized spacial score (nSPS) is 14.6. The smallest absolute Gasteiger partial charge is 0.335 e. The Morgan fingerprint density at radius 2 is 1.88 bits per heavy atom. The highest BCUT2D eigenvalue weighted by Gasteiger charge is 2.16. The maximum atomic E-state index is 10.5. The van der Waals surface area contributed by atoms with E-state index in [0.717, 1.165) is 40.4 Å². The zero-order chi connectivity index (χ0) is 18.4. The van der Waals surface area contributed by atoms with Crippen molar-refractivity contribution in [2.45, 2.75) is 33.6 Å². The van der Waals surface area contributed by atoms with Gasteiger partial charge in [0.1, 0.15) is 5.82 Å². The summed E-state index contributed by atoms with van der Waals surface area (Å²) in [6.45, 7) is 8.37. The Morgan fingerprint density at radius 3 is 2.40 bits per heavy atom. The fourth-order valence-electron chi connectivity index (χ4n) is 2.85. The average molecular weight is 405 g/mol. The van der Waals surface area contributed by atoms with Crippen molar-refractivity contribution in [3.05, 3.63) is 57.7 Å². The summed E-state index contributed by atoms with van der Waals surface area (Å²) in [6.07, 6.45) is 4.45. The van der Waals surface area contributed by atoms with Crippen molar-refractivity contribution in [2.75, 3.05) is 18.0 Å². The number of nitrogens with zero attached hydrogens (tertiary/aromatic N) is 2. The zero-order valence-corrected chi connectivity index (χ0v) is 16.6. The minimum atomic E-state index is -0.859. The van der Waals surface area contributed by atoms with E-state index in [-0.39, 0.29) is 0 Å². The van der Waals surface area contributed by atoms with Crippen LogP contribution < -0.4 is 4.90 Å². The molecule has 0 radical (unpaired) electrons. The predicted octanol–water partition coefficient (Wildman–Crippen LogP) is 5.08. The van der Waals surface area contributed by atoms with Crippen LogP contribution in [0.1, 0.15) is 41.3 Å². The molecule has 4 nitrogen and oxygen atoms in total. The van der Waals surface area contributed by atoms with Crippen molar-refractivity contribution in [1.29, 1.82) is 0 Å². The van der Waals surface area contributed by atoms with E-state index in [9.17, 15) is 4.79 Å². The molecule has 0 atom stereocenters. The molecule has 1 N–H and O–H groups in total. The van der Waals surface area contributed by atoms with Crippen LogP contribution in [0.4, 0.5) is 5.82 Å². The molecule has 2 heterocycles. The Balaban J connectivity index is 0.000000186. The maximum Gasteiger partial charge on any atom is 0.335 e. The second kappa shape index (κ2) is 8.99. The lowest BCUT2D eigenvalue weighted by Gasteiger charge is -2.31. The van der Waals surface area contributed by atoms with Gasteiger partial charge in [0.05, 0.1) is 5.56 Å². The molecule has 1 aliphatic heterocycles. The molecule has 1 fully saturated rings. The molecule has 0 amide bonds. The van der Waals surface area contributed by atoms with Crippen molar-refractivity contribution in [2.24, 2.45) is 5.92 Å². The van der Waals surface area contributed by atoms with Crippen LogP contribution in [-0.2, 0) is 0 Å². The molecule has 0 unspecified atom stereocenters. The van der Waals surface area contributed by atoms with Crippen LogP contribution in [-0.4, -0.2) is 29.1 Å². The molecule has 0 saturated carbocycles. The lowest BCUT2D eigenvalue weighted by Crippen LogP contribution is -2.33. The van der Waals surface area contributed by atoms with Crippen LogP contribution in [0, 0.1) is 19.8 Å². The van der Waals surface area contributed by atoms with Crippen LogP contribution in [0.25, 0.3) is 0 Å². The first-order chi connectivity index (χ1) is 11.9. The quantitative estimate of drug-likeness (QED) is 0.757. The highest BCUT2D eigenvalue weighted by molar-refractivity contribution is 9.10. The van der Waals surface area contributed by atoms with Crippen LogP contribution in [0.2, 0.25) is 0 Å². The molecular weight excluding hydrogens is 380 g/mol. The molecule has 5 heteroatoms. The van der Waals surface area contributed by atoms with E-state index >= 15 is 0 Å². The van der Waals surface area contributed by atoms with Crippen molar-refractivity contribution >= 4 is 27.7 Å². The van der Waals surface area contributed by atoms with Gasteiger partial charge in [-0.3, -0.25) is 0 Å². The van der Waals surface area contributed by atoms with Crippen molar-refractivity contribution in [1.82, 2.24) is 4.98 Å². The van der Waals surface area contributed by atoms with Crippen LogP contribution in [0.15, 0.2) is 41.0 Å². The van der Waals surface area contributed by atoms with E-state index in [1.54, 1.807) is 19.1 Å². The number of pyridine rings is 1. The zero-order valence-electron chi connectivity index (χ0n) is 15.0. The Bertz CT molecular complexity index is 708. The third kappa shape index (κ3) is 5.85. The highest BCUT2D eigenvalue weighted by Crippen LogP contribution is 2.22. The highest BCUT2D eigenvalue weighted by atomic mass is 79.9. The second-order valence-corrected chi connectivity index (χ2v) is 7.54. The maximum absolute atomic E-state index is 10.5. The topological polar surface area (TPSA) is 53.4 Å². The van der Waals surface area contributed by atoms with E-state index in [4.69, 9.17) is 5.11 Å². The SMILES string of the molecule is CC1CCN(c2ccc(Br)cn2)CC1.Cc1ccc(C(=O)O)c(C)c1. The fraction of sp³-hybridized carbons (Fsp3) is 0.400. The number of aromatic nitrogens is 1. The van der Waals surface area contributed by atoms with Gasteiger partial charge < -0.3 is 10.0 Å². The first kappa shape index (κ1) is 19.4. The van der Waals surface area contributed by atoms with E-state index in [2.05, 4.69) is 44.9 Å². The molecular formula is C20H25BrN2O2. The van der Waals surface area contributed by atoms with Gasteiger partial charge >= 0.3 is 5.97 Å². The van der Waals surface area contributed by atoms with Gasteiger partial charge in [-0.05, 0) is 72.3 Å². The van der Waals surface area contributed by atoms with Crippen LogP contribution in [0.3, 0.4) is 0 Å². The molecule has 134 valence electrons. The summed E-state index contributed by atoms with van der Waals surface area (Å²) < 4.78 is 1.05. The molecule has 0 aliphatic carbocycles. The summed E-state index contributed by atoms with van der Waals surface area (Å²) in [5.74, 6) is 1.13. The third-order valence-corrected chi connectivity index (χ3v) is 4.90. The summed E-state index contributed by atoms with van der Waals surface area (Å²) in [7, 11) is 0. The molecule has 2 aromatic rings. The van der Waals surface area contributed by atoms with E-state index in [0.29, 0.717) is 5.56 Å². The summed E-state index contributed by atoms with van der Waals surface area (Å²) in [5, 5.41) is 8.66. The molecule has 3 rings (SSSR count). The van der Waals surface area contributed by atoms with Crippen molar-refractivity contribution < 1.29 is 9.90 Å². The van der Waals surface area contributed by atoms with Gasteiger partial charge in [-0.25, -0.2) is 9.78 Å². The van der Waals surface area contributed by atoms with Crippen molar-refractivity contribution in [3.63, 3.8) is 0 Å². The van der Waals surface area contributed by atoms with E-state index in [1.165, 1.54) is 12.8 Å². The lowest BCUT2D eigenvalue weighted by molar-refractivity contribution is 0.0696. The number of carbonyl (C=O) groups is 1. The summed E-state index contributed by atoms with van der Waals surface area (Å²) >= 11 is 3.40. The summed E-state index contributed by atoms with van der Waals surface area (Å²) in [4.78, 5) is 17.3. The van der Waals surface area contributed by atoms with Gasteiger partial charge in [0.25, 0.3) is 0 Å². The Kier molecular flexibility index (Phi) is 7.00. The van der Waals surface area contributed by atoms with Gasteiger partial charge in [0.15, 0.2) is 0 Å². The average Bonchev–Trinajstić information content (AvgIpc) is 2.56. The Morgan fingerprint density at radius 1 is 1.20 bits per heavy atom. The monoisotopic (exact) mass is 404 g/mol. The third-order valence-electron chi connectivity index (χ3n) is 4.43. The first-order valence-corrected chi connectivity index (χ1v) is 9.33. The fourth-order valence-corrected chi connectivity index (χ4v) is 3.08. The lowest BCUT2D eigenvalue weighted by atomic mass is 9.99. The van der Waals surface area contributed by atoms with Crippen LogP contribution >= 0.6 is 15.9 Å². The molecule has 1 aliphatic rings. The van der Waals surface area contributed by atoms with Gasteiger partial charge in [0.2, 0.25) is 0 Å². The predicted molar refractivity (Wildman–Crippen MR) is 105 cm³/mol. The number of rotatable bonds is 2. The minimum absolute atomic E-state index is 0.385. The number of anilines is 1. The van der Waals surface area contributed by atoms with Gasteiger partial charge in [-0.15, -0.1) is 0 Å². The largest absolute Gasteiger partial charge is 0.478 e. The standard InChI is InChI=1S/C11H15BrN2.C9H10O2/c1-9-4-6-14(7-5-9)11-3-2-10(12)8-13-11;1-6-3-4-8(9(10)11)7(2)5-6/h2-3,8-9H,4-7H2,1H3;3-5H,1-2H3,(H,10,11). The number of hydrogen-bond donors (Lipinski definition) is 1. The molecule has 1 aromatic carbocycles. The summed E-state index contributed by atoms with van der Waals surface area (Å²) in [5.41, 5.74) is 2.29. The van der Waals surface area contributed by atoms with Gasteiger partial charge in [0, 0.05) is 23.8 Å². The van der Waals surface area contributed by atoms with Gasteiger partial charge in [-0.2, -0.15) is 0 Å². The number of hydrogen-bond acceptors (Lipinski definition) is 3. The molecule has 1 saturated heterocycles. The van der Waals surface area contributed by atoms with Crippen molar-refractivity contribution in [3.8, 4) is 0 Å². The summed E-state index contributed by atoms with van der Waals surface area (Å²) in [6, 6.07) is 9.44. The number of benzene rings is 1. The number of carboxylic acids is 1. The Hall–Kier alpha value is -1.88. The number of piperidine rings is 1. The Labute approximate surface area is 158 Å². The van der Waals surface area contributed by atoms with E-state index in [1.807, 2.05) is 19.2 Å². The van der Waals surface area contributed by atoms with Gasteiger partial charge in [-0.1, -0.05) is 24.6 Å². The number of carboxylic acid groups (broad SMARTS) is 1. The first-order valence-electron chi connectivity index (χ1n) is 8.54. The van der Waals surface area contributed by atoms with Crippen LogP contribution in [0.5, 0.6) is 0 Å². The molecule has 0 spiro atoms. The molecule has 25 heavy (non-hydrogen) atoms.